The molecule has 0 saturated heterocycles. The molecular formula is C13H15N. The van der Waals surface area contributed by atoms with Crippen molar-refractivity contribution < 1.29 is 0 Å². The molecule has 1 nitrogen and oxygen atoms in total. The van der Waals surface area contributed by atoms with Crippen molar-refractivity contribution in [3.63, 3.8) is 0 Å². The fourth-order valence-electron chi connectivity index (χ4n) is 1.92. The molecule has 14 heavy (non-hydrogen) atoms. The molecule has 0 aliphatic carbocycles. The van der Waals surface area contributed by atoms with E-state index < -0.39 is 0 Å². The molecule has 72 valence electrons. The van der Waals surface area contributed by atoms with E-state index >= 15 is 0 Å². The van der Waals surface area contributed by atoms with Gasteiger partial charge in [-0.2, -0.15) is 0 Å². The number of nitrogens with zero attached hydrogens (tertiary/aromatic N) is 1. The Balaban J connectivity index is 2.67. The van der Waals surface area contributed by atoms with Crippen molar-refractivity contribution >= 4 is 10.9 Å². The summed E-state index contributed by atoms with van der Waals surface area (Å²) in [5.41, 5.74) is 2.77. The second kappa shape index (κ2) is 3.70. The third kappa shape index (κ3) is 1.35. The minimum atomic E-state index is 0.889. The van der Waals surface area contributed by atoms with Gasteiger partial charge in [0.1, 0.15) is 0 Å². The monoisotopic (exact) mass is 185 g/mol. The van der Waals surface area contributed by atoms with Crippen molar-refractivity contribution in [3.8, 4) is 0 Å². The van der Waals surface area contributed by atoms with E-state index in [2.05, 4.69) is 48.5 Å². The average Bonchev–Trinajstić information content (AvgIpc) is 2.62. The molecule has 2 aromatic rings. The van der Waals surface area contributed by atoms with Gasteiger partial charge >= 0.3 is 0 Å². The number of para-hydroxylation sites is 1. The molecule has 0 saturated carbocycles. The lowest BCUT2D eigenvalue weighted by molar-refractivity contribution is 0.858. The van der Waals surface area contributed by atoms with Crippen molar-refractivity contribution in [2.75, 3.05) is 0 Å². The van der Waals surface area contributed by atoms with Crippen LogP contribution in [-0.2, 0) is 13.0 Å². The zero-order chi connectivity index (χ0) is 9.97. The highest BCUT2D eigenvalue weighted by Gasteiger charge is 2.03. The first-order valence-corrected chi connectivity index (χ1v) is 5.04. The van der Waals surface area contributed by atoms with Crippen LogP contribution in [0.15, 0.2) is 43.1 Å². The zero-order valence-electron chi connectivity index (χ0n) is 8.53. The number of rotatable bonds is 3. The topological polar surface area (TPSA) is 4.93 Å². The van der Waals surface area contributed by atoms with Crippen LogP contribution < -0.4 is 0 Å². The van der Waals surface area contributed by atoms with Crippen LogP contribution in [0.1, 0.15) is 12.5 Å². The summed E-state index contributed by atoms with van der Waals surface area (Å²) in [7, 11) is 0. The van der Waals surface area contributed by atoms with Gasteiger partial charge < -0.3 is 4.57 Å². The van der Waals surface area contributed by atoms with Crippen LogP contribution in [0.4, 0.5) is 0 Å². The first-order valence-electron chi connectivity index (χ1n) is 5.04. The number of hydrogen-bond acceptors (Lipinski definition) is 0. The van der Waals surface area contributed by atoms with E-state index in [4.69, 9.17) is 0 Å². The van der Waals surface area contributed by atoms with E-state index in [-0.39, 0.29) is 0 Å². The molecule has 0 aliphatic heterocycles. The maximum absolute atomic E-state index is 3.78. The van der Waals surface area contributed by atoms with E-state index in [1.165, 1.54) is 16.5 Å². The van der Waals surface area contributed by atoms with Gasteiger partial charge in [-0.25, -0.2) is 0 Å². The van der Waals surface area contributed by atoms with Crippen LogP contribution in [0, 0.1) is 0 Å². The van der Waals surface area contributed by atoms with Gasteiger partial charge in [-0.15, -0.1) is 6.58 Å². The number of hydrogen-bond donors (Lipinski definition) is 0. The van der Waals surface area contributed by atoms with Gasteiger partial charge in [0, 0.05) is 12.7 Å². The number of fused-ring (bicyclic) bond motifs is 1. The maximum atomic E-state index is 3.78. The largest absolute Gasteiger partial charge is 0.343 e. The fraction of sp³-hybridized carbons (Fsp3) is 0.231. The van der Waals surface area contributed by atoms with Crippen LogP contribution in [0.25, 0.3) is 10.9 Å². The molecule has 1 heterocycles. The number of aryl methyl sites for hydroxylation is 1. The summed E-state index contributed by atoms with van der Waals surface area (Å²) < 4.78 is 2.25. The Kier molecular flexibility index (Phi) is 2.40. The van der Waals surface area contributed by atoms with Crippen LogP contribution in [-0.4, -0.2) is 4.57 Å². The Bertz CT molecular complexity index is 451. The summed E-state index contributed by atoms with van der Waals surface area (Å²) >= 11 is 0. The lowest BCUT2D eigenvalue weighted by Crippen LogP contribution is -1.95. The molecule has 0 radical (unpaired) electrons. The molecule has 0 spiro atoms. The predicted octanol–water partition coefficient (Wildman–Crippen LogP) is 3.39. The normalized spacial score (nSPS) is 10.6. The van der Waals surface area contributed by atoms with Crippen molar-refractivity contribution in [1.29, 1.82) is 0 Å². The van der Waals surface area contributed by atoms with E-state index in [0.717, 1.165) is 13.0 Å². The SMILES string of the molecule is C=CCn1ccc2cccc(CC)c21. The summed E-state index contributed by atoms with van der Waals surface area (Å²) in [5.74, 6) is 0. The zero-order valence-corrected chi connectivity index (χ0v) is 8.53. The molecule has 0 amide bonds. The van der Waals surface area contributed by atoms with Crippen molar-refractivity contribution in [2.24, 2.45) is 0 Å². The summed E-state index contributed by atoms with van der Waals surface area (Å²) in [6.45, 7) is 6.86. The third-order valence-electron chi connectivity index (χ3n) is 2.58. The quantitative estimate of drug-likeness (QED) is 0.646. The average molecular weight is 185 g/mol. The Morgan fingerprint density at radius 3 is 2.93 bits per heavy atom. The third-order valence-corrected chi connectivity index (χ3v) is 2.58. The van der Waals surface area contributed by atoms with E-state index in [9.17, 15) is 0 Å². The molecule has 1 aromatic carbocycles. The second-order valence-corrected chi connectivity index (χ2v) is 3.47. The minimum absolute atomic E-state index is 0.889. The highest BCUT2D eigenvalue weighted by Crippen LogP contribution is 2.20. The molecule has 1 aromatic heterocycles. The minimum Gasteiger partial charge on any atom is -0.343 e. The number of allylic oxidation sites excluding steroid dienone is 1. The maximum Gasteiger partial charge on any atom is 0.0515 e. The van der Waals surface area contributed by atoms with Gasteiger partial charge in [-0.1, -0.05) is 31.2 Å². The summed E-state index contributed by atoms with van der Waals surface area (Å²) in [5, 5.41) is 1.33. The van der Waals surface area contributed by atoms with Gasteiger partial charge in [-0.3, -0.25) is 0 Å². The van der Waals surface area contributed by atoms with Crippen LogP contribution in [0.5, 0.6) is 0 Å². The van der Waals surface area contributed by atoms with Crippen LogP contribution in [0.3, 0.4) is 0 Å². The molecule has 0 unspecified atom stereocenters. The van der Waals surface area contributed by atoms with Crippen LogP contribution >= 0.6 is 0 Å². The second-order valence-electron chi connectivity index (χ2n) is 3.47. The highest BCUT2D eigenvalue weighted by atomic mass is 14.9. The standard InChI is InChI=1S/C13H15N/c1-3-9-14-10-8-12-7-5-6-11(4-2)13(12)14/h3,5-8,10H,1,4,9H2,2H3. The molecule has 1 heteroatoms. The smallest absolute Gasteiger partial charge is 0.0515 e. The number of aromatic nitrogens is 1. The van der Waals surface area contributed by atoms with Crippen molar-refractivity contribution in [3.05, 3.63) is 48.7 Å². The van der Waals surface area contributed by atoms with E-state index in [1.54, 1.807) is 0 Å². The lowest BCUT2D eigenvalue weighted by atomic mass is 10.1. The van der Waals surface area contributed by atoms with E-state index in [1.807, 2.05) is 6.08 Å². The summed E-state index contributed by atoms with van der Waals surface area (Å²) in [6.07, 6.45) is 5.15. The van der Waals surface area contributed by atoms with Gasteiger partial charge in [0.05, 0.1) is 5.52 Å². The van der Waals surface area contributed by atoms with Crippen LogP contribution in [0.2, 0.25) is 0 Å². The first-order chi connectivity index (χ1) is 6.86. The molecule has 2 rings (SSSR count). The molecule has 0 N–H and O–H groups in total. The van der Waals surface area contributed by atoms with Gasteiger partial charge in [-0.05, 0) is 23.4 Å². The summed E-state index contributed by atoms with van der Waals surface area (Å²) in [6, 6.07) is 8.65. The molecular weight excluding hydrogens is 170 g/mol. The predicted molar refractivity (Wildman–Crippen MR) is 61.5 cm³/mol. The highest BCUT2D eigenvalue weighted by molar-refractivity contribution is 5.83. The van der Waals surface area contributed by atoms with Crippen molar-refractivity contribution in [2.45, 2.75) is 19.9 Å². The lowest BCUT2D eigenvalue weighted by Gasteiger charge is -2.05. The van der Waals surface area contributed by atoms with Gasteiger partial charge in [0.15, 0.2) is 0 Å². The Morgan fingerprint density at radius 2 is 2.21 bits per heavy atom. The molecule has 0 fully saturated rings. The van der Waals surface area contributed by atoms with Gasteiger partial charge in [0.25, 0.3) is 0 Å². The Labute approximate surface area is 84.7 Å². The fourth-order valence-corrected chi connectivity index (χ4v) is 1.92. The first kappa shape index (κ1) is 9.07. The molecule has 0 atom stereocenters. The Hall–Kier alpha value is -1.50. The Morgan fingerprint density at radius 1 is 1.36 bits per heavy atom. The molecule has 0 aliphatic rings. The van der Waals surface area contributed by atoms with Gasteiger partial charge in [0.2, 0.25) is 0 Å². The van der Waals surface area contributed by atoms with Crippen molar-refractivity contribution in [1.82, 2.24) is 4.57 Å². The van der Waals surface area contributed by atoms with E-state index in [0.29, 0.717) is 0 Å². The summed E-state index contributed by atoms with van der Waals surface area (Å²) in [4.78, 5) is 0. The molecule has 0 bridgehead atoms. The number of benzene rings is 1.